The third-order valence-electron chi connectivity index (χ3n) is 4.70. The van der Waals surface area contributed by atoms with Gasteiger partial charge in [-0.25, -0.2) is 8.42 Å². The van der Waals surface area contributed by atoms with E-state index in [9.17, 15) is 13.2 Å². The first-order chi connectivity index (χ1) is 12.6. The van der Waals surface area contributed by atoms with Gasteiger partial charge < -0.3 is 4.90 Å². The molecule has 5 nitrogen and oxygen atoms in total. The van der Waals surface area contributed by atoms with Crippen LogP contribution < -0.4 is 4.31 Å². The Morgan fingerprint density at radius 1 is 1.04 bits per heavy atom. The molecule has 1 atom stereocenters. The Labute approximate surface area is 162 Å². The van der Waals surface area contributed by atoms with Gasteiger partial charge in [-0.1, -0.05) is 43.3 Å². The van der Waals surface area contributed by atoms with Crippen molar-refractivity contribution in [1.82, 2.24) is 4.90 Å². The Kier molecular flexibility index (Phi) is 6.65. The Morgan fingerprint density at radius 3 is 2.19 bits per heavy atom. The molecule has 0 aliphatic heterocycles. The van der Waals surface area contributed by atoms with Gasteiger partial charge in [0.1, 0.15) is 6.04 Å². The lowest BCUT2D eigenvalue weighted by atomic mass is 10.1. The summed E-state index contributed by atoms with van der Waals surface area (Å²) in [5.74, 6) is -0.218. The molecular weight excluding hydrogens is 360 g/mol. The molecule has 6 heteroatoms. The summed E-state index contributed by atoms with van der Waals surface area (Å²) < 4.78 is 26.4. The van der Waals surface area contributed by atoms with Crippen LogP contribution in [-0.4, -0.2) is 38.6 Å². The van der Waals surface area contributed by atoms with E-state index >= 15 is 0 Å². The zero-order valence-electron chi connectivity index (χ0n) is 16.6. The van der Waals surface area contributed by atoms with Crippen molar-refractivity contribution < 1.29 is 13.2 Å². The molecule has 2 rings (SSSR count). The maximum Gasteiger partial charge on any atom is 0.246 e. The fourth-order valence-electron chi connectivity index (χ4n) is 3.10. The first-order valence-electron chi connectivity index (χ1n) is 9.00. The summed E-state index contributed by atoms with van der Waals surface area (Å²) in [6.07, 6.45) is 1.54. The average Bonchev–Trinajstić information content (AvgIpc) is 2.61. The van der Waals surface area contributed by atoms with Crippen molar-refractivity contribution in [3.05, 3.63) is 65.2 Å². The lowest BCUT2D eigenvalue weighted by Gasteiger charge is -2.33. The first-order valence-corrected chi connectivity index (χ1v) is 10.9. The second kappa shape index (κ2) is 8.57. The van der Waals surface area contributed by atoms with Crippen LogP contribution >= 0.6 is 0 Å². The van der Waals surface area contributed by atoms with Crippen molar-refractivity contribution in [3.63, 3.8) is 0 Å². The van der Waals surface area contributed by atoms with Crippen LogP contribution in [-0.2, 0) is 21.4 Å². The molecule has 2 aromatic carbocycles. The number of nitrogens with zero attached hydrogens (tertiary/aromatic N) is 2. The lowest BCUT2D eigenvalue weighted by molar-refractivity contribution is -0.131. The standard InChI is InChI=1S/C21H28N2O3S/c1-6-20(21(24)22(4)15-18-10-8-7-9-11-18)23(27(5,25)26)19-13-12-16(2)17(3)14-19/h7-14,20H,6,15H2,1-5H3/t20-/m0/s1. The number of sulfonamides is 1. The number of benzene rings is 2. The number of likely N-dealkylation sites (N-methyl/N-ethyl adjacent to an activating group) is 1. The molecule has 0 N–H and O–H groups in total. The van der Waals surface area contributed by atoms with E-state index in [-0.39, 0.29) is 5.91 Å². The Morgan fingerprint density at radius 2 is 1.67 bits per heavy atom. The zero-order valence-corrected chi connectivity index (χ0v) is 17.5. The summed E-state index contributed by atoms with van der Waals surface area (Å²) in [6.45, 7) is 6.17. The quantitative estimate of drug-likeness (QED) is 0.729. The second-order valence-electron chi connectivity index (χ2n) is 6.93. The Hall–Kier alpha value is -2.34. The molecule has 0 unspecified atom stereocenters. The highest BCUT2D eigenvalue weighted by Gasteiger charge is 2.33. The van der Waals surface area contributed by atoms with Crippen molar-refractivity contribution in [2.24, 2.45) is 0 Å². The topological polar surface area (TPSA) is 57.7 Å². The largest absolute Gasteiger partial charge is 0.340 e. The number of amides is 1. The minimum absolute atomic E-state index is 0.218. The molecule has 0 spiro atoms. The van der Waals surface area contributed by atoms with E-state index in [1.807, 2.05) is 63.2 Å². The number of hydrogen-bond acceptors (Lipinski definition) is 3. The van der Waals surface area contributed by atoms with Crippen molar-refractivity contribution in [2.45, 2.75) is 39.8 Å². The average molecular weight is 389 g/mol. The van der Waals surface area contributed by atoms with Gasteiger partial charge in [-0.05, 0) is 49.1 Å². The molecule has 0 fully saturated rings. The van der Waals surface area contributed by atoms with Gasteiger partial charge in [0, 0.05) is 13.6 Å². The third kappa shape index (κ3) is 5.10. The number of carbonyl (C=O) groups is 1. The van der Waals surface area contributed by atoms with Crippen molar-refractivity contribution >= 4 is 21.6 Å². The highest BCUT2D eigenvalue weighted by molar-refractivity contribution is 7.92. The van der Waals surface area contributed by atoms with E-state index < -0.39 is 16.1 Å². The van der Waals surface area contributed by atoms with E-state index in [1.54, 1.807) is 18.0 Å². The molecule has 2 aromatic rings. The fraction of sp³-hybridized carbons (Fsp3) is 0.381. The molecule has 0 radical (unpaired) electrons. The van der Waals surface area contributed by atoms with Crippen LogP contribution in [0.5, 0.6) is 0 Å². The van der Waals surface area contributed by atoms with Crippen molar-refractivity contribution in [3.8, 4) is 0 Å². The number of aryl methyl sites for hydroxylation is 2. The summed E-state index contributed by atoms with van der Waals surface area (Å²) >= 11 is 0. The number of anilines is 1. The Balaban J connectivity index is 2.36. The lowest BCUT2D eigenvalue weighted by Crippen LogP contribution is -2.49. The van der Waals surface area contributed by atoms with Crippen LogP contribution in [0.4, 0.5) is 5.69 Å². The molecule has 0 aliphatic rings. The van der Waals surface area contributed by atoms with E-state index in [4.69, 9.17) is 0 Å². The fourth-order valence-corrected chi connectivity index (χ4v) is 4.29. The highest BCUT2D eigenvalue weighted by atomic mass is 32.2. The van der Waals surface area contributed by atoms with Crippen LogP contribution in [0.3, 0.4) is 0 Å². The minimum Gasteiger partial charge on any atom is -0.340 e. The summed E-state index contributed by atoms with van der Waals surface area (Å²) in [7, 11) is -1.92. The van der Waals surface area contributed by atoms with Crippen LogP contribution in [0.15, 0.2) is 48.5 Å². The predicted molar refractivity (Wildman–Crippen MR) is 110 cm³/mol. The van der Waals surface area contributed by atoms with Gasteiger partial charge in [-0.15, -0.1) is 0 Å². The van der Waals surface area contributed by atoms with Gasteiger partial charge >= 0.3 is 0 Å². The molecule has 0 bridgehead atoms. The van der Waals surface area contributed by atoms with E-state index in [2.05, 4.69) is 0 Å². The van der Waals surface area contributed by atoms with Crippen LogP contribution in [0.25, 0.3) is 0 Å². The van der Waals surface area contributed by atoms with Gasteiger partial charge in [0.15, 0.2) is 0 Å². The third-order valence-corrected chi connectivity index (χ3v) is 5.88. The molecule has 0 saturated heterocycles. The first kappa shape index (κ1) is 21.0. The second-order valence-corrected chi connectivity index (χ2v) is 8.79. The maximum atomic E-state index is 13.1. The summed E-state index contributed by atoms with van der Waals surface area (Å²) in [5.41, 5.74) is 3.59. The SMILES string of the molecule is CC[C@@H](C(=O)N(C)Cc1ccccc1)N(c1ccc(C)c(C)c1)S(C)(=O)=O. The van der Waals surface area contributed by atoms with Crippen LogP contribution in [0, 0.1) is 13.8 Å². The maximum absolute atomic E-state index is 13.1. The van der Waals surface area contributed by atoms with Crippen molar-refractivity contribution in [2.75, 3.05) is 17.6 Å². The molecular formula is C21H28N2O3S. The van der Waals surface area contributed by atoms with Gasteiger partial charge in [0.05, 0.1) is 11.9 Å². The van der Waals surface area contributed by atoms with E-state index in [0.29, 0.717) is 18.7 Å². The Bertz CT molecular complexity index is 895. The molecule has 1 amide bonds. The normalized spacial score (nSPS) is 12.5. The smallest absolute Gasteiger partial charge is 0.246 e. The molecule has 0 aromatic heterocycles. The van der Waals surface area contributed by atoms with Gasteiger partial charge in [-0.3, -0.25) is 9.10 Å². The van der Waals surface area contributed by atoms with E-state index in [0.717, 1.165) is 22.9 Å². The molecule has 27 heavy (non-hydrogen) atoms. The van der Waals surface area contributed by atoms with Gasteiger partial charge in [0.25, 0.3) is 0 Å². The van der Waals surface area contributed by atoms with Gasteiger partial charge in [0.2, 0.25) is 15.9 Å². The summed E-state index contributed by atoms with van der Waals surface area (Å²) in [5, 5.41) is 0. The molecule has 0 heterocycles. The number of hydrogen-bond donors (Lipinski definition) is 0. The molecule has 0 aliphatic carbocycles. The van der Waals surface area contributed by atoms with Gasteiger partial charge in [-0.2, -0.15) is 0 Å². The van der Waals surface area contributed by atoms with Crippen LogP contribution in [0.2, 0.25) is 0 Å². The summed E-state index contributed by atoms with van der Waals surface area (Å²) in [6, 6.07) is 14.3. The minimum atomic E-state index is -3.62. The van der Waals surface area contributed by atoms with Crippen molar-refractivity contribution in [1.29, 1.82) is 0 Å². The van der Waals surface area contributed by atoms with Crippen LogP contribution in [0.1, 0.15) is 30.0 Å². The zero-order chi connectivity index (χ0) is 20.2. The number of carbonyl (C=O) groups excluding carboxylic acids is 1. The number of rotatable bonds is 7. The van der Waals surface area contributed by atoms with E-state index in [1.165, 1.54) is 4.31 Å². The monoisotopic (exact) mass is 388 g/mol. The molecule has 146 valence electrons. The molecule has 0 saturated carbocycles. The predicted octanol–water partition coefficient (Wildman–Crippen LogP) is 3.51. The summed E-state index contributed by atoms with van der Waals surface area (Å²) in [4.78, 5) is 14.7. The highest BCUT2D eigenvalue weighted by Crippen LogP contribution is 2.26.